The van der Waals surface area contributed by atoms with Crippen molar-refractivity contribution in [3.8, 4) is 0 Å². The number of hydrogen-bond acceptors (Lipinski definition) is 4. The Morgan fingerprint density at radius 3 is 2.58 bits per heavy atom. The summed E-state index contributed by atoms with van der Waals surface area (Å²) in [7, 11) is 0. The Labute approximate surface area is 116 Å². The minimum atomic E-state index is -0.191. The van der Waals surface area contributed by atoms with Gasteiger partial charge in [-0.25, -0.2) is 0 Å². The molecule has 2 N–H and O–H groups in total. The third-order valence-corrected chi connectivity index (χ3v) is 4.24. The summed E-state index contributed by atoms with van der Waals surface area (Å²) in [4.78, 5) is 16.8. The number of nitrogens with zero attached hydrogens (tertiary/aromatic N) is 2. The first-order chi connectivity index (χ1) is 9.22. The summed E-state index contributed by atoms with van der Waals surface area (Å²) in [6, 6.07) is 0. The van der Waals surface area contributed by atoms with Crippen molar-refractivity contribution in [2.45, 2.75) is 32.3 Å². The molecule has 0 bridgehead atoms. The summed E-state index contributed by atoms with van der Waals surface area (Å²) < 4.78 is 5.57. The van der Waals surface area contributed by atoms with Crippen LogP contribution >= 0.6 is 0 Å². The van der Waals surface area contributed by atoms with Gasteiger partial charge in [0, 0.05) is 32.8 Å². The molecular weight excluding hydrogens is 242 g/mol. The highest BCUT2D eigenvalue weighted by atomic mass is 16.5. The van der Waals surface area contributed by atoms with Gasteiger partial charge >= 0.3 is 0 Å². The number of ether oxygens (including phenoxy) is 1. The lowest BCUT2D eigenvalue weighted by atomic mass is 10.0. The normalized spacial score (nSPS) is 28.8. The van der Waals surface area contributed by atoms with Gasteiger partial charge in [-0.1, -0.05) is 6.92 Å². The first kappa shape index (κ1) is 14.8. The molecule has 2 heterocycles. The molecule has 5 heteroatoms. The van der Waals surface area contributed by atoms with Gasteiger partial charge in [0.2, 0.25) is 0 Å². The largest absolute Gasteiger partial charge is 0.368 e. The summed E-state index contributed by atoms with van der Waals surface area (Å²) in [5.41, 5.74) is 5.50. The van der Waals surface area contributed by atoms with Gasteiger partial charge in [0.1, 0.15) is 6.10 Å². The van der Waals surface area contributed by atoms with E-state index in [0.29, 0.717) is 5.92 Å². The molecule has 2 unspecified atom stereocenters. The maximum atomic E-state index is 12.3. The van der Waals surface area contributed by atoms with Crippen LogP contribution in [0.4, 0.5) is 0 Å². The molecule has 0 aromatic carbocycles. The van der Waals surface area contributed by atoms with E-state index in [9.17, 15) is 4.79 Å². The summed E-state index contributed by atoms with van der Waals surface area (Å²) in [5.74, 6) is 0.571. The van der Waals surface area contributed by atoms with E-state index in [1.807, 2.05) is 4.90 Å². The fourth-order valence-corrected chi connectivity index (χ4v) is 2.86. The first-order valence-electron chi connectivity index (χ1n) is 7.55. The van der Waals surface area contributed by atoms with Crippen LogP contribution in [0.25, 0.3) is 0 Å². The van der Waals surface area contributed by atoms with Crippen LogP contribution in [-0.4, -0.2) is 67.7 Å². The number of piperazine rings is 1. The first-order valence-corrected chi connectivity index (χ1v) is 7.55. The highest BCUT2D eigenvalue weighted by Gasteiger charge is 2.34. The third kappa shape index (κ3) is 3.91. The van der Waals surface area contributed by atoms with E-state index in [4.69, 9.17) is 10.5 Å². The highest BCUT2D eigenvalue weighted by Crippen LogP contribution is 2.22. The second-order valence-electron chi connectivity index (χ2n) is 5.72. The molecule has 2 saturated heterocycles. The molecule has 2 fully saturated rings. The van der Waals surface area contributed by atoms with Crippen molar-refractivity contribution in [2.24, 2.45) is 11.7 Å². The van der Waals surface area contributed by atoms with Gasteiger partial charge in [-0.05, 0) is 38.3 Å². The van der Waals surface area contributed by atoms with Crippen molar-refractivity contribution in [3.63, 3.8) is 0 Å². The summed E-state index contributed by atoms with van der Waals surface area (Å²) >= 11 is 0. The van der Waals surface area contributed by atoms with Crippen molar-refractivity contribution in [3.05, 3.63) is 0 Å². The predicted molar refractivity (Wildman–Crippen MR) is 74.8 cm³/mol. The Kier molecular flexibility index (Phi) is 5.60. The zero-order chi connectivity index (χ0) is 13.7. The van der Waals surface area contributed by atoms with Crippen molar-refractivity contribution >= 4 is 5.91 Å². The second-order valence-corrected chi connectivity index (χ2v) is 5.72. The van der Waals surface area contributed by atoms with E-state index >= 15 is 0 Å². The minimum Gasteiger partial charge on any atom is -0.368 e. The van der Waals surface area contributed by atoms with Crippen LogP contribution in [0.15, 0.2) is 0 Å². The van der Waals surface area contributed by atoms with Crippen LogP contribution in [0.3, 0.4) is 0 Å². The molecule has 0 spiro atoms. The molecule has 2 aliphatic heterocycles. The van der Waals surface area contributed by atoms with Gasteiger partial charge in [0.05, 0.1) is 0 Å². The molecule has 0 saturated carbocycles. The van der Waals surface area contributed by atoms with Crippen molar-refractivity contribution in [2.75, 3.05) is 45.9 Å². The highest BCUT2D eigenvalue weighted by molar-refractivity contribution is 5.81. The van der Waals surface area contributed by atoms with E-state index in [0.717, 1.165) is 65.1 Å². The average Bonchev–Trinajstić information content (AvgIpc) is 2.85. The minimum absolute atomic E-state index is 0.191. The van der Waals surface area contributed by atoms with Gasteiger partial charge in [0.15, 0.2) is 0 Å². The van der Waals surface area contributed by atoms with Crippen LogP contribution in [-0.2, 0) is 9.53 Å². The standard InChI is InChI=1S/C14H27N3O2/c1-12-4-11-19-13(12)14(18)17-9-7-16(8-10-17)6-3-2-5-15/h12-13H,2-11,15H2,1H3. The smallest absolute Gasteiger partial charge is 0.252 e. The molecule has 0 aromatic rings. The zero-order valence-corrected chi connectivity index (χ0v) is 12.0. The van der Waals surface area contributed by atoms with Crippen LogP contribution in [0.2, 0.25) is 0 Å². The topological polar surface area (TPSA) is 58.8 Å². The predicted octanol–water partition coefficient (Wildman–Crippen LogP) is 0.295. The maximum Gasteiger partial charge on any atom is 0.252 e. The number of unbranched alkanes of at least 4 members (excludes halogenated alkanes) is 1. The van der Waals surface area contributed by atoms with Crippen LogP contribution in [0.5, 0.6) is 0 Å². The fraction of sp³-hybridized carbons (Fsp3) is 0.929. The zero-order valence-electron chi connectivity index (χ0n) is 12.0. The van der Waals surface area contributed by atoms with Crippen molar-refractivity contribution in [1.29, 1.82) is 0 Å². The van der Waals surface area contributed by atoms with Crippen LogP contribution < -0.4 is 5.73 Å². The van der Waals surface area contributed by atoms with Gasteiger partial charge in [-0.2, -0.15) is 0 Å². The quantitative estimate of drug-likeness (QED) is 0.729. The Balaban J connectivity index is 1.72. The van der Waals surface area contributed by atoms with Gasteiger partial charge in [0.25, 0.3) is 5.91 Å². The summed E-state index contributed by atoms with van der Waals surface area (Å²) in [6.07, 6.45) is 3.07. The molecule has 5 nitrogen and oxygen atoms in total. The maximum absolute atomic E-state index is 12.3. The third-order valence-electron chi connectivity index (χ3n) is 4.24. The Morgan fingerprint density at radius 2 is 2.00 bits per heavy atom. The average molecular weight is 269 g/mol. The van der Waals surface area contributed by atoms with Gasteiger partial charge < -0.3 is 15.4 Å². The number of carbonyl (C=O) groups is 1. The lowest BCUT2D eigenvalue weighted by molar-refractivity contribution is -0.144. The molecule has 2 rings (SSSR count). The SMILES string of the molecule is CC1CCOC1C(=O)N1CCN(CCCCN)CC1. The number of carbonyl (C=O) groups excluding carboxylic acids is 1. The van der Waals surface area contributed by atoms with E-state index in [2.05, 4.69) is 11.8 Å². The van der Waals surface area contributed by atoms with Crippen LogP contribution in [0.1, 0.15) is 26.2 Å². The Hall–Kier alpha value is -0.650. The monoisotopic (exact) mass is 269 g/mol. The number of amides is 1. The summed E-state index contributed by atoms with van der Waals surface area (Å²) in [6.45, 7) is 8.37. The number of nitrogens with two attached hydrogens (primary N) is 1. The lowest BCUT2D eigenvalue weighted by Crippen LogP contribution is -2.52. The van der Waals surface area contributed by atoms with Crippen molar-refractivity contribution < 1.29 is 9.53 Å². The van der Waals surface area contributed by atoms with Gasteiger partial charge in [-0.15, -0.1) is 0 Å². The van der Waals surface area contributed by atoms with Crippen LogP contribution in [0, 0.1) is 5.92 Å². The van der Waals surface area contributed by atoms with Crippen molar-refractivity contribution in [1.82, 2.24) is 9.80 Å². The van der Waals surface area contributed by atoms with E-state index < -0.39 is 0 Å². The lowest BCUT2D eigenvalue weighted by Gasteiger charge is -2.36. The molecule has 110 valence electrons. The van der Waals surface area contributed by atoms with Gasteiger partial charge in [-0.3, -0.25) is 9.69 Å². The molecular formula is C14H27N3O2. The fourth-order valence-electron chi connectivity index (χ4n) is 2.86. The second kappa shape index (κ2) is 7.22. The molecule has 19 heavy (non-hydrogen) atoms. The van der Waals surface area contributed by atoms with E-state index in [1.165, 1.54) is 0 Å². The number of rotatable bonds is 5. The molecule has 0 aliphatic carbocycles. The molecule has 2 aliphatic rings. The molecule has 0 radical (unpaired) electrons. The van der Waals surface area contributed by atoms with E-state index in [1.54, 1.807) is 0 Å². The molecule has 2 atom stereocenters. The van der Waals surface area contributed by atoms with E-state index in [-0.39, 0.29) is 12.0 Å². The number of hydrogen-bond donors (Lipinski definition) is 1. The Morgan fingerprint density at radius 1 is 1.26 bits per heavy atom. The Bertz CT molecular complexity index is 290. The molecule has 1 amide bonds. The summed E-state index contributed by atoms with van der Waals surface area (Å²) in [5, 5.41) is 0. The molecule has 0 aromatic heterocycles.